The van der Waals surface area contributed by atoms with Gasteiger partial charge in [-0.2, -0.15) is 5.10 Å². The molecular weight excluding hydrogens is 310 g/mol. The summed E-state index contributed by atoms with van der Waals surface area (Å²) in [4.78, 5) is 12.0. The van der Waals surface area contributed by atoms with Gasteiger partial charge in [0, 0.05) is 6.04 Å². The lowest BCUT2D eigenvalue weighted by Gasteiger charge is -2.24. The number of aliphatic hydroxyl groups excluding tert-OH is 1. The SMILES string of the molecule is O=c1c(Br)c(NC2CC3CCC2C3)cnn1CCO. The number of nitrogens with zero attached hydrogens (tertiary/aromatic N) is 2. The number of hydrogen-bond acceptors (Lipinski definition) is 4. The maximum atomic E-state index is 12.0. The third kappa shape index (κ3) is 2.43. The first-order chi connectivity index (χ1) is 9.19. The van der Waals surface area contributed by atoms with Crippen molar-refractivity contribution in [1.29, 1.82) is 0 Å². The van der Waals surface area contributed by atoms with Crippen molar-refractivity contribution in [2.45, 2.75) is 38.3 Å². The summed E-state index contributed by atoms with van der Waals surface area (Å²) in [6.07, 6.45) is 6.86. The van der Waals surface area contributed by atoms with E-state index in [9.17, 15) is 4.79 Å². The highest BCUT2D eigenvalue weighted by Crippen LogP contribution is 2.45. The molecule has 2 aliphatic carbocycles. The normalized spacial score (nSPS) is 28.8. The van der Waals surface area contributed by atoms with Crippen molar-refractivity contribution in [3.8, 4) is 0 Å². The highest BCUT2D eigenvalue weighted by Gasteiger charge is 2.39. The van der Waals surface area contributed by atoms with Crippen LogP contribution in [0.1, 0.15) is 25.7 Å². The quantitative estimate of drug-likeness (QED) is 0.881. The van der Waals surface area contributed by atoms with Crippen LogP contribution in [0.4, 0.5) is 5.69 Å². The number of fused-ring (bicyclic) bond motifs is 2. The van der Waals surface area contributed by atoms with Crippen molar-refractivity contribution >= 4 is 21.6 Å². The van der Waals surface area contributed by atoms with Crippen molar-refractivity contribution in [3.63, 3.8) is 0 Å². The molecule has 2 aliphatic rings. The molecule has 2 N–H and O–H groups in total. The van der Waals surface area contributed by atoms with E-state index in [2.05, 4.69) is 26.3 Å². The van der Waals surface area contributed by atoms with E-state index in [0.29, 0.717) is 10.5 Å². The number of hydrogen-bond donors (Lipinski definition) is 2. The summed E-state index contributed by atoms with van der Waals surface area (Å²) in [5.74, 6) is 1.61. The second-order valence-corrected chi connectivity index (χ2v) is 6.34. The fourth-order valence-corrected chi connectivity index (χ4v) is 3.86. The van der Waals surface area contributed by atoms with Crippen LogP contribution in [0.3, 0.4) is 0 Å². The van der Waals surface area contributed by atoms with Crippen LogP contribution in [0.25, 0.3) is 0 Å². The minimum atomic E-state index is -0.192. The first-order valence-corrected chi connectivity index (χ1v) is 7.61. The van der Waals surface area contributed by atoms with Crippen molar-refractivity contribution in [2.75, 3.05) is 11.9 Å². The first kappa shape index (κ1) is 13.1. The van der Waals surface area contributed by atoms with Gasteiger partial charge in [-0.25, -0.2) is 4.68 Å². The molecule has 2 fully saturated rings. The molecule has 1 aromatic heterocycles. The lowest BCUT2D eigenvalue weighted by Crippen LogP contribution is -2.30. The van der Waals surface area contributed by atoms with Gasteiger partial charge in [0.2, 0.25) is 0 Å². The molecule has 0 radical (unpaired) electrons. The Morgan fingerprint density at radius 2 is 2.32 bits per heavy atom. The number of aliphatic hydroxyl groups is 1. The van der Waals surface area contributed by atoms with Crippen molar-refractivity contribution in [3.05, 3.63) is 21.0 Å². The maximum absolute atomic E-state index is 12.0. The van der Waals surface area contributed by atoms with Crippen molar-refractivity contribution in [2.24, 2.45) is 11.8 Å². The van der Waals surface area contributed by atoms with Gasteiger partial charge in [-0.15, -0.1) is 0 Å². The number of rotatable bonds is 4. The molecule has 1 heterocycles. The molecule has 3 unspecified atom stereocenters. The van der Waals surface area contributed by atoms with Crippen LogP contribution in [0.15, 0.2) is 15.5 Å². The fourth-order valence-electron chi connectivity index (χ4n) is 3.44. The Hall–Kier alpha value is -0.880. The van der Waals surface area contributed by atoms with E-state index in [1.807, 2.05) is 0 Å². The van der Waals surface area contributed by atoms with Crippen LogP contribution in [-0.2, 0) is 6.54 Å². The van der Waals surface area contributed by atoms with Gasteiger partial charge in [0.15, 0.2) is 0 Å². The second-order valence-electron chi connectivity index (χ2n) is 5.55. The average molecular weight is 328 g/mol. The highest BCUT2D eigenvalue weighted by molar-refractivity contribution is 9.10. The van der Waals surface area contributed by atoms with Gasteiger partial charge in [0.1, 0.15) is 4.47 Å². The van der Waals surface area contributed by atoms with E-state index in [0.717, 1.165) is 17.5 Å². The summed E-state index contributed by atoms with van der Waals surface area (Å²) in [6, 6.07) is 0.477. The Balaban J connectivity index is 1.78. The van der Waals surface area contributed by atoms with E-state index >= 15 is 0 Å². The third-order valence-corrected chi connectivity index (χ3v) is 5.14. The molecule has 3 rings (SSSR count). The molecule has 0 spiro atoms. The number of anilines is 1. The zero-order chi connectivity index (χ0) is 13.4. The minimum absolute atomic E-state index is 0.0848. The lowest BCUT2D eigenvalue weighted by atomic mass is 9.95. The Morgan fingerprint density at radius 1 is 1.47 bits per heavy atom. The lowest BCUT2D eigenvalue weighted by molar-refractivity contribution is 0.266. The molecule has 1 aromatic rings. The third-order valence-electron chi connectivity index (χ3n) is 4.38. The van der Waals surface area contributed by atoms with E-state index in [4.69, 9.17) is 5.11 Å². The van der Waals surface area contributed by atoms with Gasteiger partial charge in [-0.3, -0.25) is 4.79 Å². The zero-order valence-electron chi connectivity index (χ0n) is 10.7. The monoisotopic (exact) mass is 327 g/mol. The van der Waals surface area contributed by atoms with Gasteiger partial charge in [-0.1, -0.05) is 6.42 Å². The van der Waals surface area contributed by atoms with Crippen molar-refractivity contribution in [1.82, 2.24) is 9.78 Å². The molecule has 3 atom stereocenters. The number of halogens is 1. The van der Waals surface area contributed by atoms with Crippen LogP contribution >= 0.6 is 15.9 Å². The topological polar surface area (TPSA) is 67.2 Å². The van der Waals surface area contributed by atoms with E-state index < -0.39 is 0 Å². The number of aromatic nitrogens is 2. The molecule has 0 aliphatic heterocycles. The predicted octanol–water partition coefficient (Wildman–Crippen LogP) is 1.60. The van der Waals surface area contributed by atoms with Crippen LogP contribution < -0.4 is 10.9 Å². The summed E-state index contributed by atoms with van der Waals surface area (Å²) in [6.45, 7) is 0.143. The molecule has 0 amide bonds. The van der Waals surface area contributed by atoms with Crippen LogP contribution in [-0.4, -0.2) is 27.5 Å². The molecule has 0 saturated heterocycles. The standard InChI is InChI=1S/C13H18BrN3O2/c14-12-11(7-15-17(3-4-18)13(12)19)16-10-6-8-1-2-9(10)5-8/h7-10,16,18H,1-6H2. The summed E-state index contributed by atoms with van der Waals surface area (Å²) >= 11 is 3.34. The molecule has 104 valence electrons. The Kier molecular flexibility index (Phi) is 3.62. The first-order valence-electron chi connectivity index (χ1n) is 6.82. The molecule has 6 heteroatoms. The highest BCUT2D eigenvalue weighted by atomic mass is 79.9. The summed E-state index contributed by atoms with van der Waals surface area (Å²) in [7, 11) is 0. The van der Waals surface area contributed by atoms with E-state index in [-0.39, 0.29) is 18.7 Å². The molecule has 0 aromatic carbocycles. The van der Waals surface area contributed by atoms with Crippen LogP contribution in [0.2, 0.25) is 0 Å². The number of nitrogens with one attached hydrogen (secondary N) is 1. The van der Waals surface area contributed by atoms with Gasteiger partial charge >= 0.3 is 0 Å². The average Bonchev–Trinajstić information content (AvgIpc) is 3.01. The van der Waals surface area contributed by atoms with Gasteiger partial charge < -0.3 is 10.4 Å². The molecule has 5 nitrogen and oxygen atoms in total. The predicted molar refractivity (Wildman–Crippen MR) is 76.1 cm³/mol. The largest absolute Gasteiger partial charge is 0.394 e. The smallest absolute Gasteiger partial charge is 0.283 e. The zero-order valence-corrected chi connectivity index (χ0v) is 12.3. The van der Waals surface area contributed by atoms with Gasteiger partial charge in [-0.05, 0) is 47.0 Å². The van der Waals surface area contributed by atoms with E-state index in [1.54, 1.807) is 6.20 Å². The Bertz CT molecular complexity index is 531. The Morgan fingerprint density at radius 3 is 2.95 bits per heavy atom. The molecular formula is C13H18BrN3O2. The minimum Gasteiger partial charge on any atom is -0.394 e. The molecule has 2 saturated carbocycles. The van der Waals surface area contributed by atoms with E-state index in [1.165, 1.54) is 30.4 Å². The Labute approximate surface area is 120 Å². The summed E-state index contributed by atoms with van der Waals surface area (Å²) < 4.78 is 1.79. The van der Waals surface area contributed by atoms with Crippen molar-refractivity contribution < 1.29 is 5.11 Å². The van der Waals surface area contributed by atoms with Crippen LogP contribution in [0.5, 0.6) is 0 Å². The van der Waals surface area contributed by atoms with Crippen LogP contribution in [0, 0.1) is 11.8 Å². The van der Waals surface area contributed by atoms with Gasteiger partial charge in [0.05, 0.1) is 25.0 Å². The summed E-state index contributed by atoms with van der Waals surface area (Å²) in [5.41, 5.74) is 0.582. The van der Waals surface area contributed by atoms with Gasteiger partial charge in [0.25, 0.3) is 5.56 Å². The fraction of sp³-hybridized carbons (Fsp3) is 0.692. The second kappa shape index (κ2) is 5.25. The summed E-state index contributed by atoms with van der Waals surface area (Å²) in [5, 5.41) is 16.4. The molecule has 2 bridgehead atoms. The maximum Gasteiger partial charge on any atom is 0.283 e. The molecule has 19 heavy (non-hydrogen) atoms.